The highest BCUT2D eigenvalue weighted by molar-refractivity contribution is 9.10. The van der Waals surface area contributed by atoms with Crippen molar-refractivity contribution in [2.24, 2.45) is 7.05 Å². The Hall–Kier alpha value is -0.390. The number of nitrogens with one attached hydrogen (secondary N) is 1. The van der Waals surface area contributed by atoms with Crippen LogP contribution in [0.15, 0.2) is 10.7 Å². The van der Waals surface area contributed by atoms with Crippen LogP contribution in [0.25, 0.3) is 0 Å². The van der Waals surface area contributed by atoms with Crippen LogP contribution in [0.2, 0.25) is 0 Å². The molecule has 0 bridgehead atoms. The molecule has 12 heavy (non-hydrogen) atoms. The van der Waals surface area contributed by atoms with Crippen LogP contribution in [-0.2, 0) is 7.05 Å². The van der Waals surface area contributed by atoms with Gasteiger partial charge in [0.1, 0.15) is 10.7 Å². The Morgan fingerprint density at radius 3 is 2.92 bits per heavy atom. The molecule has 0 amide bonds. The van der Waals surface area contributed by atoms with Crippen LogP contribution in [0.5, 0.6) is 0 Å². The van der Waals surface area contributed by atoms with Crippen molar-refractivity contribution in [3.05, 3.63) is 16.4 Å². The molecule has 5 heteroatoms. The van der Waals surface area contributed by atoms with Gasteiger partial charge in [-0.05, 0) is 29.0 Å². The van der Waals surface area contributed by atoms with E-state index in [4.69, 9.17) is 0 Å². The molecule has 1 heterocycles. The Labute approximate surface area is 79.7 Å². The Balaban J connectivity index is 2.79. The normalized spacial score (nSPS) is 13.3. The monoisotopic (exact) mass is 233 g/mol. The number of aromatic nitrogens is 2. The van der Waals surface area contributed by atoms with Gasteiger partial charge in [0, 0.05) is 13.6 Å². The Morgan fingerprint density at radius 2 is 2.50 bits per heavy atom. The van der Waals surface area contributed by atoms with Crippen LogP contribution in [0, 0.1) is 0 Å². The first-order valence-corrected chi connectivity index (χ1v) is 4.46. The van der Waals surface area contributed by atoms with E-state index in [1.54, 1.807) is 18.8 Å². The van der Waals surface area contributed by atoms with Gasteiger partial charge in [0.2, 0.25) is 0 Å². The fourth-order valence-electron chi connectivity index (χ4n) is 1.06. The summed E-state index contributed by atoms with van der Waals surface area (Å²) in [6, 6.07) is 1.81. The Morgan fingerprint density at radius 1 is 1.83 bits per heavy atom. The second-order valence-electron chi connectivity index (χ2n) is 2.59. The topological polar surface area (TPSA) is 50.1 Å². The van der Waals surface area contributed by atoms with E-state index < -0.39 is 6.10 Å². The van der Waals surface area contributed by atoms with Gasteiger partial charge in [0.05, 0.1) is 5.69 Å². The van der Waals surface area contributed by atoms with E-state index in [1.165, 1.54) is 0 Å². The lowest BCUT2D eigenvalue weighted by Gasteiger charge is -2.09. The predicted molar refractivity (Wildman–Crippen MR) is 49.8 cm³/mol. The SMILES string of the molecule is CNCC(O)c1cc(Br)nn1C. The lowest BCUT2D eigenvalue weighted by atomic mass is 10.2. The van der Waals surface area contributed by atoms with Gasteiger partial charge in [0.25, 0.3) is 0 Å². The van der Waals surface area contributed by atoms with E-state index in [2.05, 4.69) is 26.3 Å². The summed E-state index contributed by atoms with van der Waals surface area (Å²) in [7, 11) is 3.60. The molecular formula is C7H12BrN3O. The summed E-state index contributed by atoms with van der Waals surface area (Å²) < 4.78 is 2.40. The standard InChI is InChI=1S/C7H12BrN3O/c1-9-4-6(12)5-3-7(8)10-11(5)2/h3,6,9,12H,4H2,1-2H3. The zero-order valence-electron chi connectivity index (χ0n) is 7.08. The maximum atomic E-state index is 9.57. The first kappa shape index (κ1) is 9.70. The van der Waals surface area contributed by atoms with E-state index in [-0.39, 0.29) is 0 Å². The van der Waals surface area contributed by atoms with Crippen molar-refractivity contribution >= 4 is 15.9 Å². The smallest absolute Gasteiger partial charge is 0.128 e. The second-order valence-corrected chi connectivity index (χ2v) is 3.40. The van der Waals surface area contributed by atoms with Crippen molar-refractivity contribution in [1.82, 2.24) is 15.1 Å². The first-order valence-electron chi connectivity index (χ1n) is 3.67. The molecule has 1 unspecified atom stereocenters. The fraction of sp³-hybridized carbons (Fsp3) is 0.571. The van der Waals surface area contributed by atoms with Crippen molar-refractivity contribution in [2.75, 3.05) is 13.6 Å². The van der Waals surface area contributed by atoms with Crippen LogP contribution in [0.3, 0.4) is 0 Å². The number of hydrogen-bond donors (Lipinski definition) is 2. The number of halogens is 1. The molecule has 0 aliphatic rings. The molecule has 2 N–H and O–H groups in total. The molecule has 1 aromatic rings. The summed E-state index contributed by atoms with van der Waals surface area (Å²) in [4.78, 5) is 0. The average Bonchev–Trinajstić information content (AvgIpc) is 2.30. The summed E-state index contributed by atoms with van der Waals surface area (Å²) in [5.74, 6) is 0. The molecular weight excluding hydrogens is 222 g/mol. The molecule has 68 valence electrons. The molecule has 1 rings (SSSR count). The maximum absolute atomic E-state index is 9.57. The van der Waals surface area contributed by atoms with Gasteiger partial charge in [0.15, 0.2) is 0 Å². The number of aliphatic hydroxyl groups excluding tert-OH is 1. The number of aliphatic hydroxyl groups is 1. The minimum atomic E-state index is -0.501. The number of nitrogens with zero attached hydrogens (tertiary/aromatic N) is 2. The van der Waals surface area contributed by atoms with E-state index in [0.717, 1.165) is 10.3 Å². The maximum Gasteiger partial charge on any atom is 0.128 e. The molecule has 0 aliphatic heterocycles. The highest BCUT2D eigenvalue weighted by Gasteiger charge is 2.11. The van der Waals surface area contributed by atoms with E-state index >= 15 is 0 Å². The molecule has 0 fully saturated rings. The molecule has 0 saturated heterocycles. The van der Waals surface area contributed by atoms with Gasteiger partial charge in [-0.1, -0.05) is 0 Å². The molecule has 4 nitrogen and oxygen atoms in total. The van der Waals surface area contributed by atoms with Gasteiger partial charge in [-0.25, -0.2) is 0 Å². The molecule has 0 saturated carbocycles. The zero-order valence-corrected chi connectivity index (χ0v) is 8.67. The average molecular weight is 234 g/mol. The third-order valence-electron chi connectivity index (χ3n) is 1.63. The quantitative estimate of drug-likeness (QED) is 0.797. The lowest BCUT2D eigenvalue weighted by Crippen LogP contribution is -2.18. The minimum absolute atomic E-state index is 0.501. The molecule has 0 aromatic carbocycles. The van der Waals surface area contributed by atoms with Crippen LogP contribution in [-0.4, -0.2) is 28.5 Å². The highest BCUT2D eigenvalue weighted by Crippen LogP contribution is 2.15. The summed E-state index contributed by atoms with van der Waals surface area (Å²) in [6.07, 6.45) is -0.501. The lowest BCUT2D eigenvalue weighted by molar-refractivity contribution is 0.168. The van der Waals surface area contributed by atoms with Crippen molar-refractivity contribution in [3.8, 4) is 0 Å². The largest absolute Gasteiger partial charge is 0.385 e. The Bertz CT molecular complexity index is 261. The van der Waals surface area contributed by atoms with Gasteiger partial charge < -0.3 is 10.4 Å². The summed E-state index contributed by atoms with van der Waals surface area (Å²) in [5, 5.41) is 16.5. The number of hydrogen-bond acceptors (Lipinski definition) is 3. The number of likely N-dealkylation sites (N-methyl/N-ethyl adjacent to an activating group) is 1. The molecule has 1 atom stereocenters. The molecule has 0 aliphatic carbocycles. The summed E-state index contributed by atoms with van der Waals surface area (Å²) >= 11 is 3.24. The van der Waals surface area contributed by atoms with Crippen molar-refractivity contribution in [1.29, 1.82) is 0 Å². The number of rotatable bonds is 3. The fourth-order valence-corrected chi connectivity index (χ4v) is 1.53. The van der Waals surface area contributed by atoms with Crippen LogP contribution < -0.4 is 5.32 Å². The minimum Gasteiger partial charge on any atom is -0.385 e. The zero-order chi connectivity index (χ0) is 9.14. The first-order chi connectivity index (χ1) is 5.65. The summed E-state index contributed by atoms with van der Waals surface area (Å²) in [5.41, 5.74) is 0.802. The van der Waals surface area contributed by atoms with Crippen molar-refractivity contribution in [2.45, 2.75) is 6.10 Å². The van der Waals surface area contributed by atoms with Gasteiger partial charge in [-0.2, -0.15) is 5.10 Å². The molecule has 0 radical (unpaired) electrons. The Kier molecular flexibility index (Phi) is 3.25. The molecule has 1 aromatic heterocycles. The van der Waals surface area contributed by atoms with Gasteiger partial charge >= 0.3 is 0 Å². The van der Waals surface area contributed by atoms with Gasteiger partial charge in [-0.15, -0.1) is 0 Å². The highest BCUT2D eigenvalue weighted by atomic mass is 79.9. The molecule has 0 spiro atoms. The van der Waals surface area contributed by atoms with E-state index in [1.807, 2.05) is 6.07 Å². The summed E-state index contributed by atoms with van der Waals surface area (Å²) in [6.45, 7) is 0.534. The van der Waals surface area contributed by atoms with Crippen molar-refractivity contribution in [3.63, 3.8) is 0 Å². The predicted octanol–water partition coefficient (Wildman–Crippen LogP) is 0.435. The van der Waals surface area contributed by atoms with Crippen molar-refractivity contribution < 1.29 is 5.11 Å². The van der Waals surface area contributed by atoms with E-state index in [9.17, 15) is 5.11 Å². The van der Waals surface area contributed by atoms with E-state index in [0.29, 0.717) is 6.54 Å². The number of aryl methyl sites for hydroxylation is 1. The van der Waals surface area contributed by atoms with Crippen LogP contribution in [0.1, 0.15) is 11.8 Å². The van der Waals surface area contributed by atoms with Crippen LogP contribution >= 0.6 is 15.9 Å². The third kappa shape index (κ3) is 2.06. The van der Waals surface area contributed by atoms with Crippen LogP contribution in [0.4, 0.5) is 0 Å². The second kappa shape index (κ2) is 4.02. The van der Waals surface area contributed by atoms with Gasteiger partial charge in [-0.3, -0.25) is 4.68 Å². The third-order valence-corrected chi connectivity index (χ3v) is 2.01.